The molecule has 1 aliphatic carbocycles. The van der Waals surface area contributed by atoms with E-state index >= 15 is 4.39 Å². The summed E-state index contributed by atoms with van der Waals surface area (Å²) in [5.41, 5.74) is 3.05. The second kappa shape index (κ2) is 12.7. The summed E-state index contributed by atoms with van der Waals surface area (Å²) in [6.07, 6.45) is 2.97. The van der Waals surface area contributed by atoms with E-state index in [0.717, 1.165) is 25.7 Å². The first-order valence-electron chi connectivity index (χ1n) is 15.8. The minimum Gasteiger partial charge on any atom is -0.341 e. The molecule has 0 unspecified atom stereocenters. The molecule has 13 heteroatoms. The third kappa shape index (κ3) is 6.20. The molecule has 8 rings (SSSR count). The number of hydrogen-bond donors (Lipinski definition) is 3. The number of benzodiazepines with no additional fused rings is 1. The van der Waals surface area contributed by atoms with Gasteiger partial charge in [-0.15, -0.1) is 10.2 Å². The Bertz CT molecular complexity index is 1840. The van der Waals surface area contributed by atoms with Crippen molar-refractivity contribution in [2.45, 2.75) is 38.8 Å². The fourth-order valence-electron chi connectivity index (χ4n) is 6.88. The molecule has 1 aromatic heterocycles. The number of nitrogens with zero attached hydrogens (tertiary/aromatic N) is 6. The van der Waals surface area contributed by atoms with Crippen molar-refractivity contribution >= 4 is 34.9 Å². The Morgan fingerprint density at radius 2 is 1.68 bits per heavy atom. The van der Waals surface area contributed by atoms with Gasteiger partial charge in [0.2, 0.25) is 17.9 Å². The summed E-state index contributed by atoms with van der Waals surface area (Å²) in [5, 5.41) is 19.3. The number of hydrogen-bond acceptors (Lipinski definition) is 7. The molecule has 3 fully saturated rings. The van der Waals surface area contributed by atoms with Crippen LogP contribution < -0.4 is 15.5 Å². The molecule has 0 spiro atoms. The lowest BCUT2D eigenvalue weighted by Gasteiger charge is -2.30. The smallest absolute Gasteiger partial charge is 0.321 e. The lowest BCUT2D eigenvalue weighted by atomic mass is 9.84. The van der Waals surface area contributed by atoms with Crippen LogP contribution in [0.15, 0.2) is 71.7 Å². The number of para-hydroxylation sites is 1. The first-order valence-corrected chi connectivity index (χ1v) is 15.8. The van der Waals surface area contributed by atoms with Crippen LogP contribution in [0.1, 0.15) is 42.4 Å². The van der Waals surface area contributed by atoms with Gasteiger partial charge in [0.15, 0.2) is 0 Å². The average Bonchev–Trinajstić information content (AvgIpc) is 3.39. The van der Waals surface area contributed by atoms with Crippen LogP contribution in [0.4, 0.5) is 20.6 Å². The molecule has 0 radical (unpaired) electrons. The number of H-pyrrole nitrogens is 1. The number of carbonyl (C=O) groups excluding carboxylic acids is 3. The Balaban J connectivity index is 1.23. The molecule has 2 saturated heterocycles. The van der Waals surface area contributed by atoms with Gasteiger partial charge in [0.25, 0.3) is 5.91 Å². The maximum Gasteiger partial charge on any atom is 0.321 e. The summed E-state index contributed by atoms with van der Waals surface area (Å²) < 4.78 is 15.3. The van der Waals surface area contributed by atoms with E-state index in [1.54, 1.807) is 54.6 Å². The number of tetrazole rings is 1. The Kier molecular flexibility index (Phi) is 8.19. The Morgan fingerprint density at radius 3 is 2.40 bits per heavy atom. The van der Waals surface area contributed by atoms with E-state index in [-0.39, 0.29) is 23.7 Å². The van der Waals surface area contributed by atoms with Crippen LogP contribution in [-0.4, -0.2) is 74.9 Å². The number of fused-ring (bicyclic) bond motifs is 5. The SMILES string of the molecule is Cc1cccc2c1N(CC(=O)N1CC3CCC(CC3)C1)C(=O)[C@@H](NC(=O)Nc1cccc(-c3nn[nH]n3)c1)N=C2c1ccccc1F. The fourth-order valence-corrected chi connectivity index (χ4v) is 6.88. The number of anilines is 2. The van der Waals surface area contributed by atoms with Gasteiger partial charge in [-0.2, -0.15) is 5.21 Å². The number of rotatable bonds is 6. The normalized spacial score (nSPS) is 20.6. The highest BCUT2D eigenvalue weighted by Gasteiger charge is 2.38. The largest absolute Gasteiger partial charge is 0.341 e. The highest BCUT2D eigenvalue weighted by Crippen LogP contribution is 2.35. The summed E-state index contributed by atoms with van der Waals surface area (Å²) in [7, 11) is 0. The topological polar surface area (TPSA) is 149 Å². The number of amides is 4. The molecular weight excluding hydrogens is 601 g/mol. The number of carbonyl (C=O) groups is 3. The highest BCUT2D eigenvalue weighted by atomic mass is 19.1. The van der Waals surface area contributed by atoms with Crippen LogP contribution in [0.2, 0.25) is 0 Å². The van der Waals surface area contributed by atoms with Gasteiger partial charge in [-0.3, -0.25) is 14.5 Å². The van der Waals surface area contributed by atoms with E-state index in [4.69, 9.17) is 0 Å². The summed E-state index contributed by atoms with van der Waals surface area (Å²) in [6, 6.07) is 17.7. The zero-order valence-electron chi connectivity index (χ0n) is 25.8. The predicted octanol–water partition coefficient (Wildman–Crippen LogP) is 4.29. The van der Waals surface area contributed by atoms with Crippen LogP contribution in [0, 0.1) is 24.6 Å². The molecule has 47 heavy (non-hydrogen) atoms. The molecule has 2 bridgehead atoms. The van der Waals surface area contributed by atoms with Crippen molar-refractivity contribution in [2.24, 2.45) is 16.8 Å². The molecule has 240 valence electrons. The Morgan fingerprint density at radius 1 is 0.957 bits per heavy atom. The van der Waals surface area contributed by atoms with Gasteiger partial charge < -0.3 is 15.5 Å². The number of benzene rings is 3. The van der Waals surface area contributed by atoms with Gasteiger partial charge >= 0.3 is 6.03 Å². The maximum absolute atomic E-state index is 15.3. The zero-order valence-corrected chi connectivity index (χ0v) is 25.8. The number of nitrogens with one attached hydrogen (secondary N) is 3. The van der Waals surface area contributed by atoms with Crippen LogP contribution in [0.5, 0.6) is 0 Å². The molecule has 4 amide bonds. The summed E-state index contributed by atoms with van der Waals surface area (Å²) >= 11 is 0. The predicted molar refractivity (Wildman–Crippen MR) is 173 cm³/mol. The van der Waals surface area contributed by atoms with Gasteiger partial charge in [-0.25, -0.2) is 14.2 Å². The second-order valence-corrected chi connectivity index (χ2v) is 12.4. The Labute approximate surface area is 270 Å². The second-order valence-electron chi connectivity index (χ2n) is 12.4. The van der Waals surface area contributed by atoms with Crippen molar-refractivity contribution in [2.75, 3.05) is 29.9 Å². The van der Waals surface area contributed by atoms with Crippen molar-refractivity contribution in [3.05, 3.63) is 89.2 Å². The molecule has 4 heterocycles. The number of aliphatic imine (C=N–C) groups is 1. The standard InChI is InChI=1S/C34H34FN9O3/c1-20-6-4-10-26-29(25-9-2-3-11-27(25)35)37-32(38-34(47)36-24-8-5-7-23(16-24)31-39-41-42-40-31)33(46)44(30(20)26)19-28(45)43-17-21-12-13-22(18-43)15-14-21/h2-11,16,21-22,32H,12-15,17-19H2,1H3,(H2,36,38,47)(H,39,40,41,42)/t21?,22?,32-/m1/s1. The minimum atomic E-state index is -1.47. The van der Waals surface area contributed by atoms with Crippen LogP contribution >= 0.6 is 0 Å². The van der Waals surface area contributed by atoms with E-state index in [1.807, 2.05) is 17.9 Å². The average molecular weight is 636 g/mol. The first kappa shape index (κ1) is 30.2. The summed E-state index contributed by atoms with van der Waals surface area (Å²) in [6.45, 7) is 2.94. The van der Waals surface area contributed by atoms with E-state index in [1.165, 1.54) is 11.0 Å². The minimum absolute atomic E-state index is 0.165. The summed E-state index contributed by atoms with van der Waals surface area (Å²) in [5.74, 6) is -0.0374. The van der Waals surface area contributed by atoms with Gasteiger partial charge in [0.1, 0.15) is 12.4 Å². The van der Waals surface area contributed by atoms with Crippen molar-refractivity contribution in [3.63, 3.8) is 0 Å². The van der Waals surface area contributed by atoms with Crippen LogP contribution in [0.3, 0.4) is 0 Å². The highest BCUT2D eigenvalue weighted by molar-refractivity contribution is 6.21. The zero-order chi connectivity index (χ0) is 32.5. The van der Waals surface area contributed by atoms with Gasteiger partial charge in [0, 0.05) is 35.5 Å². The molecule has 3 N–H and O–H groups in total. The van der Waals surface area contributed by atoms with Gasteiger partial charge in [-0.1, -0.05) is 42.5 Å². The van der Waals surface area contributed by atoms with Crippen molar-refractivity contribution in [1.29, 1.82) is 0 Å². The molecule has 1 atom stereocenters. The quantitative estimate of drug-likeness (QED) is 0.288. The fraction of sp³-hybridized carbons (Fsp3) is 0.324. The number of aromatic amines is 1. The lowest BCUT2D eigenvalue weighted by molar-refractivity contribution is -0.132. The molecule has 3 aromatic carbocycles. The van der Waals surface area contributed by atoms with Crippen molar-refractivity contribution in [3.8, 4) is 11.4 Å². The molecule has 1 saturated carbocycles. The summed E-state index contributed by atoms with van der Waals surface area (Å²) in [4.78, 5) is 49.8. The molecule has 12 nitrogen and oxygen atoms in total. The number of aryl methyl sites for hydroxylation is 1. The molecule has 3 aliphatic heterocycles. The van der Waals surface area contributed by atoms with E-state index in [2.05, 4.69) is 36.3 Å². The number of halogens is 1. The number of aromatic nitrogens is 4. The molecule has 4 aromatic rings. The third-order valence-electron chi connectivity index (χ3n) is 9.21. The van der Waals surface area contributed by atoms with Crippen molar-refractivity contribution < 1.29 is 18.8 Å². The third-order valence-corrected chi connectivity index (χ3v) is 9.21. The van der Waals surface area contributed by atoms with Crippen molar-refractivity contribution in [1.82, 2.24) is 30.8 Å². The van der Waals surface area contributed by atoms with Crippen LogP contribution in [-0.2, 0) is 9.59 Å². The van der Waals surface area contributed by atoms with E-state index in [0.29, 0.717) is 58.8 Å². The lowest BCUT2D eigenvalue weighted by Crippen LogP contribution is -2.52. The monoisotopic (exact) mass is 635 g/mol. The molecule has 4 aliphatic rings. The van der Waals surface area contributed by atoms with Gasteiger partial charge in [-0.05, 0) is 79.5 Å². The molecular formula is C34H34FN9O3. The van der Waals surface area contributed by atoms with Gasteiger partial charge in [0.05, 0.1) is 11.4 Å². The van der Waals surface area contributed by atoms with Crippen LogP contribution in [0.25, 0.3) is 11.4 Å². The first-order chi connectivity index (χ1) is 22.8. The number of urea groups is 1. The van der Waals surface area contributed by atoms with E-state index in [9.17, 15) is 14.4 Å². The maximum atomic E-state index is 15.3. The Hall–Kier alpha value is -5.46. The van der Waals surface area contributed by atoms with E-state index < -0.39 is 23.9 Å².